The number of rotatable bonds is 4. The summed E-state index contributed by atoms with van der Waals surface area (Å²) in [6.07, 6.45) is 17.5. The highest BCUT2D eigenvalue weighted by Crippen LogP contribution is 2.06. The molecule has 2 rings (SSSR count). The third-order valence-electron chi connectivity index (χ3n) is 2.74. The van der Waals surface area contributed by atoms with Crippen molar-refractivity contribution in [2.24, 2.45) is 9.98 Å². The van der Waals surface area contributed by atoms with E-state index in [1.165, 1.54) is 24.8 Å². The van der Waals surface area contributed by atoms with Crippen molar-refractivity contribution in [2.75, 3.05) is 0 Å². The van der Waals surface area contributed by atoms with Crippen molar-refractivity contribution in [3.63, 3.8) is 0 Å². The number of aliphatic imine (C=N–C) groups is 2. The summed E-state index contributed by atoms with van der Waals surface area (Å²) in [6.45, 7) is 0. The fraction of sp³-hybridized carbons (Fsp3) is 0.125. The topological polar surface area (TPSA) is 58.9 Å². The van der Waals surface area contributed by atoms with Gasteiger partial charge in [0, 0.05) is 48.8 Å². The summed E-state index contributed by atoms with van der Waals surface area (Å²) >= 11 is 0. The van der Waals surface area contributed by atoms with Gasteiger partial charge in [-0.2, -0.15) is 0 Å². The third-order valence-corrected chi connectivity index (χ3v) is 2.74. The van der Waals surface area contributed by atoms with Crippen molar-refractivity contribution in [2.45, 2.75) is 12.8 Å². The summed E-state index contributed by atoms with van der Waals surface area (Å²) in [6, 6.07) is 0. The number of hydrogen-bond donors (Lipinski definition) is 0. The van der Waals surface area contributed by atoms with Gasteiger partial charge in [0.05, 0.1) is 0 Å². The van der Waals surface area contributed by atoms with Crippen LogP contribution < -0.4 is 0 Å². The number of Topliss-reactive ketones (excluding diaryl/α,β-unsaturated/α-hetero) is 2. The monoisotopic (exact) mass is 266 g/mol. The molecule has 0 aliphatic heterocycles. The first-order chi connectivity index (χ1) is 9.77. The van der Waals surface area contributed by atoms with Crippen molar-refractivity contribution in [3.8, 4) is 0 Å². The highest BCUT2D eigenvalue weighted by molar-refractivity contribution is 6.15. The summed E-state index contributed by atoms with van der Waals surface area (Å²) in [7, 11) is 0. The summed E-state index contributed by atoms with van der Waals surface area (Å²) in [5, 5.41) is 0. The summed E-state index contributed by atoms with van der Waals surface area (Å²) in [5.74, 6) is 0.107. The van der Waals surface area contributed by atoms with Crippen LogP contribution in [0.5, 0.6) is 0 Å². The molecular weight excluding hydrogens is 252 g/mol. The molecule has 0 atom stereocenters. The van der Waals surface area contributed by atoms with E-state index in [0.717, 1.165) is 0 Å². The van der Waals surface area contributed by atoms with Gasteiger partial charge >= 0.3 is 0 Å². The molecule has 20 heavy (non-hydrogen) atoms. The average molecular weight is 266 g/mol. The Bertz CT molecular complexity index is 560. The molecule has 0 bridgehead atoms. The Balaban J connectivity index is 1.88. The number of carbonyl (C=O) groups is 2. The molecule has 0 fully saturated rings. The molecule has 0 aromatic carbocycles. The SMILES string of the molecule is O=C1CC=CC=C1C=NC=CN=CC1=CC=CCC1=O. The standard InChI is InChI=1S/C16H14N2O2/c19-15-7-3-1-5-13(15)11-17-9-10-18-12-14-6-2-4-8-16(14)20/h1-6,9-12H,7-8H2. The number of carbonyl (C=O) groups excluding carboxylic acids is 2. The van der Waals surface area contributed by atoms with E-state index >= 15 is 0 Å². The lowest BCUT2D eigenvalue weighted by molar-refractivity contribution is -0.115. The smallest absolute Gasteiger partial charge is 0.168 e. The first-order valence-corrected chi connectivity index (χ1v) is 6.29. The van der Waals surface area contributed by atoms with Crippen LogP contribution >= 0.6 is 0 Å². The van der Waals surface area contributed by atoms with E-state index in [-0.39, 0.29) is 11.6 Å². The van der Waals surface area contributed by atoms with Gasteiger partial charge in [0.1, 0.15) is 0 Å². The lowest BCUT2D eigenvalue weighted by atomic mass is 10.1. The normalized spacial score (nSPS) is 19.4. The van der Waals surface area contributed by atoms with E-state index in [2.05, 4.69) is 9.98 Å². The molecule has 100 valence electrons. The fourth-order valence-electron chi connectivity index (χ4n) is 1.67. The maximum absolute atomic E-state index is 11.4. The summed E-state index contributed by atoms with van der Waals surface area (Å²) in [4.78, 5) is 30.9. The molecule has 4 nitrogen and oxygen atoms in total. The molecule has 2 aliphatic rings. The molecular formula is C16H14N2O2. The molecule has 0 amide bonds. The Kier molecular flexibility index (Phi) is 4.89. The Morgan fingerprint density at radius 3 is 1.65 bits per heavy atom. The predicted octanol–water partition coefficient (Wildman–Crippen LogP) is 2.51. The predicted molar refractivity (Wildman–Crippen MR) is 79.8 cm³/mol. The van der Waals surface area contributed by atoms with Crippen LogP contribution in [0, 0.1) is 0 Å². The van der Waals surface area contributed by atoms with Crippen molar-refractivity contribution in [1.82, 2.24) is 0 Å². The van der Waals surface area contributed by atoms with Crippen LogP contribution in [-0.4, -0.2) is 24.0 Å². The molecule has 0 aromatic rings. The number of allylic oxidation sites excluding steroid dienone is 8. The number of nitrogens with zero attached hydrogens (tertiary/aromatic N) is 2. The molecule has 0 radical (unpaired) electrons. The van der Waals surface area contributed by atoms with E-state index in [1.54, 1.807) is 12.2 Å². The van der Waals surface area contributed by atoms with E-state index in [1.807, 2.05) is 24.3 Å². The van der Waals surface area contributed by atoms with Gasteiger partial charge in [-0.25, -0.2) is 0 Å². The van der Waals surface area contributed by atoms with Crippen molar-refractivity contribution < 1.29 is 9.59 Å². The van der Waals surface area contributed by atoms with Gasteiger partial charge in [-0.05, 0) is 0 Å². The second kappa shape index (κ2) is 7.09. The lowest BCUT2D eigenvalue weighted by Gasteiger charge is -2.00. The van der Waals surface area contributed by atoms with Crippen molar-refractivity contribution in [3.05, 3.63) is 60.0 Å². The molecule has 2 aliphatic carbocycles. The van der Waals surface area contributed by atoms with Crippen molar-refractivity contribution >= 4 is 24.0 Å². The highest BCUT2D eigenvalue weighted by atomic mass is 16.1. The zero-order valence-electron chi connectivity index (χ0n) is 10.9. The first kappa shape index (κ1) is 13.8. The second-order valence-electron chi connectivity index (χ2n) is 4.21. The summed E-state index contributed by atoms with van der Waals surface area (Å²) < 4.78 is 0. The van der Waals surface area contributed by atoms with Gasteiger partial charge in [-0.15, -0.1) is 0 Å². The molecule has 0 spiro atoms. The zero-order chi connectivity index (χ0) is 14.2. The van der Waals surface area contributed by atoms with Gasteiger partial charge in [0.15, 0.2) is 11.6 Å². The Morgan fingerprint density at radius 1 is 0.800 bits per heavy atom. The maximum atomic E-state index is 11.4. The zero-order valence-corrected chi connectivity index (χ0v) is 10.9. The van der Waals surface area contributed by atoms with Crippen LogP contribution in [0.25, 0.3) is 0 Å². The Morgan fingerprint density at radius 2 is 1.25 bits per heavy atom. The quantitative estimate of drug-likeness (QED) is 0.734. The molecule has 0 heterocycles. The molecule has 0 saturated heterocycles. The van der Waals surface area contributed by atoms with Gasteiger partial charge in [0.25, 0.3) is 0 Å². The lowest BCUT2D eigenvalue weighted by Crippen LogP contribution is -2.04. The highest BCUT2D eigenvalue weighted by Gasteiger charge is 2.07. The van der Waals surface area contributed by atoms with Gasteiger partial charge in [-0.3, -0.25) is 19.6 Å². The third kappa shape index (κ3) is 3.95. The van der Waals surface area contributed by atoms with Crippen LogP contribution in [0.4, 0.5) is 0 Å². The Hall–Kier alpha value is -2.62. The minimum absolute atomic E-state index is 0.0536. The van der Waals surface area contributed by atoms with E-state index < -0.39 is 0 Å². The summed E-state index contributed by atoms with van der Waals surface area (Å²) in [5.41, 5.74) is 1.16. The maximum Gasteiger partial charge on any atom is 0.168 e. The average Bonchev–Trinajstić information content (AvgIpc) is 2.46. The van der Waals surface area contributed by atoms with Crippen LogP contribution in [0.2, 0.25) is 0 Å². The van der Waals surface area contributed by atoms with Crippen LogP contribution in [0.1, 0.15) is 12.8 Å². The molecule has 0 aromatic heterocycles. The van der Waals surface area contributed by atoms with Gasteiger partial charge in [0.2, 0.25) is 0 Å². The van der Waals surface area contributed by atoms with E-state index in [0.29, 0.717) is 24.0 Å². The van der Waals surface area contributed by atoms with E-state index in [9.17, 15) is 9.59 Å². The van der Waals surface area contributed by atoms with Gasteiger partial charge < -0.3 is 0 Å². The van der Waals surface area contributed by atoms with Crippen LogP contribution in [0.3, 0.4) is 0 Å². The van der Waals surface area contributed by atoms with Crippen LogP contribution in [0.15, 0.2) is 70.0 Å². The van der Waals surface area contributed by atoms with Crippen LogP contribution in [-0.2, 0) is 9.59 Å². The number of ketones is 2. The minimum Gasteiger partial charge on any atom is -0.294 e. The Labute approximate surface area is 117 Å². The van der Waals surface area contributed by atoms with Gasteiger partial charge in [-0.1, -0.05) is 36.5 Å². The first-order valence-electron chi connectivity index (χ1n) is 6.29. The molecule has 0 saturated carbocycles. The minimum atomic E-state index is 0.0536. The molecule has 0 N–H and O–H groups in total. The number of hydrogen-bond acceptors (Lipinski definition) is 4. The molecule has 0 unspecified atom stereocenters. The van der Waals surface area contributed by atoms with Crippen molar-refractivity contribution in [1.29, 1.82) is 0 Å². The fourth-order valence-corrected chi connectivity index (χ4v) is 1.67. The molecule has 4 heteroatoms. The second-order valence-corrected chi connectivity index (χ2v) is 4.21. The largest absolute Gasteiger partial charge is 0.294 e. The van der Waals surface area contributed by atoms with E-state index in [4.69, 9.17) is 0 Å².